The van der Waals surface area contributed by atoms with E-state index in [2.05, 4.69) is 35.1 Å². The molecule has 0 saturated heterocycles. The monoisotopic (exact) mass is 273 g/mol. The Hall–Kier alpha value is -1.81. The second-order valence-corrected chi connectivity index (χ2v) is 4.85. The zero-order valence-electron chi connectivity index (χ0n) is 12.3. The maximum Gasteiger partial charge on any atom is 0.117 e. The van der Waals surface area contributed by atoms with Crippen LogP contribution in [0.15, 0.2) is 41.1 Å². The maximum atomic E-state index is 5.41. The van der Waals surface area contributed by atoms with Gasteiger partial charge in [-0.25, -0.2) is 0 Å². The number of hydrogen-bond acceptors (Lipinski definition) is 4. The van der Waals surface area contributed by atoms with Gasteiger partial charge in [-0.2, -0.15) is 0 Å². The van der Waals surface area contributed by atoms with E-state index in [9.17, 15) is 0 Å². The molecule has 108 valence electrons. The normalized spacial score (nSPS) is 10.9. The van der Waals surface area contributed by atoms with Crippen molar-refractivity contribution in [1.29, 1.82) is 0 Å². The van der Waals surface area contributed by atoms with Gasteiger partial charge in [0, 0.05) is 25.0 Å². The molecule has 2 aromatic heterocycles. The summed E-state index contributed by atoms with van der Waals surface area (Å²) >= 11 is 0. The minimum Gasteiger partial charge on any atom is -0.468 e. The summed E-state index contributed by atoms with van der Waals surface area (Å²) in [6, 6.07) is 8.08. The van der Waals surface area contributed by atoms with Gasteiger partial charge in [0.2, 0.25) is 0 Å². The Kier molecular flexibility index (Phi) is 5.62. The van der Waals surface area contributed by atoms with Crippen molar-refractivity contribution in [3.05, 3.63) is 48.2 Å². The summed E-state index contributed by atoms with van der Waals surface area (Å²) in [6.07, 6.45) is 4.71. The first kappa shape index (κ1) is 14.6. The molecule has 0 aliphatic heterocycles. The average molecular weight is 273 g/mol. The number of anilines is 1. The second-order valence-electron chi connectivity index (χ2n) is 4.85. The number of nitrogens with zero attached hydrogens (tertiary/aromatic N) is 2. The van der Waals surface area contributed by atoms with Crippen molar-refractivity contribution in [2.24, 2.45) is 0 Å². The molecule has 0 spiro atoms. The minimum atomic E-state index is 0.817. The largest absolute Gasteiger partial charge is 0.468 e. The van der Waals surface area contributed by atoms with Crippen molar-refractivity contribution in [1.82, 2.24) is 9.88 Å². The lowest BCUT2D eigenvalue weighted by molar-refractivity contribution is 0.245. The maximum absolute atomic E-state index is 5.41. The van der Waals surface area contributed by atoms with E-state index >= 15 is 0 Å². The quantitative estimate of drug-likeness (QED) is 0.799. The minimum absolute atomic E-state index is 0.817. The Morgan fingerprint density at radius 3 is 2.85 bits per heavy atom. The fraction of sp³-hybridized carbons (Fsp3) is 0.438. The molecule has 20 heavy (non-hydrogen) atoms. The molecule has 0 aliphatic rings. The Bertz CT molecular complexity index is 496. The summed E-state index contributed by atoms with van der Waals surface area (Å²) in [7, 11) is 0. The lowest BCUT2D eigenvalue weighted by Gasteiger charge is -2.19. The standard InChI is InChI=1S/C16H23N3O/c1-3-8-17-14-7-9-18-15(11-14)12-19(4-2)13-16-6-5-10-20-16/h5-7,9-11H,3-4,8,12-13H2,1-2H3,(H,17,18). The van der Waals surface area contributed by atoms with Crippen LogP contribution in [0.1, 0.15) is 31.7 Å². The molecular formula is C16H23N3O. The highest BCUT2D eigenvalue weighted by molar-refractivity contribution is 5.43. The predicted molar refractivity (Wildman–Crippen MR) is 81.5 cm³/mol. The number of rotatable bonds is 8. The zero-order valence-corrected chi connectivity index (χ0v) is 12.3. The molecule has 0 fully saturated rings. The molecule has 2 heterocycles. The first-order chi connectivity index (χ1) is 9.81. The van der Waals surface area contributed by atoms with Crippen LogP contribution in [-0.4, -0.2) is 23.0 Å². The van der Waals surface area contributed by atoms with E-state index in [-0.39, 0.29) is 0 Å². The molecule has 2 aromatic rings. The van der Waals surface area contributed by atoms with Crippen LogP contribution < -0.4 is 5.32 Å². The molecule has 0 aliphatic carbocycles. The number of aromatic nitrogens is 1. The molecule has 4 heteroatoms. The van der Waals surface area contributed by atoms with Gasteiger partial charge in [-0.1, -0.05) is 13.8 Å². The molecule has 0 saturated carbocycles. The van der Waals surface area contributed by atoms with Crippen LogP contribution in [0.5, 0.6) is 0 Å². The van der Waals surface area contributed by atoms with Gasteiger partial charge in [0.25, 0.3) is 0 Å². The summed E-state index contributed by atoms with van der Waals surface area (Å²) < 4.78 is 5.41. The predicted octanol–water partition coefficient (Wildman–Crippen LogP) is 3.52. The fourth-order valence-corrected chi connectivity index (χ4v) is 2.08. The first-order valence-corrected chi connectivity index (χ1v) is 7.25. The molecule has 0 atom stereocenters. The summed E-state index contributed by atoms with van der Waals surface area (Å²) in [6.45, 7) is 7.93. The summed E-state index contributed by atoms with van der Waals surface area (Å²) in [5, 5.41) is 3.39. The Morgan fingerprint density at radius 1 is 1.25 bits per heavy atom. The molecule has 0 aromatic carbocycles. The van der Waals surface area contributed by atoms with Crippen LogP contribution in [0.3, 0.4) is 0 Å². The molecule has 2 rings (SSSR count). The van der Waals surface area contributed by atoms with Crippen LogP contribution in [0, 0.1) is 0 Å². The van der Waals surface area contributed by atoms with Gasteiger partial charge in [0.1, 0.15) is 5.76 Å². The van der Waals surface area contributed by atoms with Crippen molar-refractivity contribution in [2.75, 3.05) is 18.4 Å². The van der Waals surface area contributed by atoms with E-state index in [0.29, 0.717) is 0 Å². The lowest BCUT2D eigenvalue weighted by Crippen LogP contribution is -2.22. The van der Waals surface area contributed by atoms with Crippen molar-refractivity contribution in [3.8, 4) is 0 Å². The summed E-state index contributed by atoms with van der Waals surface area (Å²) in [4.78, 5) is 6.76. The van der Waals surface area contributed by atoms with Crippen LogP contribution in [0.4, 0.5) is 5.69 Å². The topological polar surface area (TPSA) is 41.3 Å². The fourth-order valence-electron chi connectivity index (χ4n) is 2.08. The van der Waals surface area contributed by atoms with E-state index < -0.39 is 0 Å². The smallest absolute Gasteiger partial charge is 0.117 e. The number of nitrogens with one attached hydrogen (secondary N) is 1. The zero-order chi connectivity index (χ0) is 14.2. The highest BCUT2D eigenvalue weighted by atomic mass is 16.3. The van der Waals surface area contributed by atoms with Crippen molar-refractivity contribution < 1.29 is 4.42 Å². The van der Waals surface area contributed by atoms with E-state index in [1.807, 2.05) is 24.4 Å². The molecule has 4 nitrogen and oxygen atoms in total. The van der Waals surface area contributed by atoms with Gasteiger partial charge >= 0.3 is 0 Å². The van der Waals surface area contributed by atoms with Gasteiger partial charge in [-0.05, 0) is 37.2 Å². The SMILES string of the molecule is CCCNc1ccnc(CN(CC)Cc2ccco2)c1. The van der Waals surface area contributed by atoms with Gasteiger partial charge in [0.15, 0.2) is 0 Å². The molecule has 0 amide bonds. The van der Waals surface area contributed by atoms with Gasteiger partial charge in [-0.3, -0.25) is 9.88 Å². The number of furan rings is 1. The van der Waals surface area contributed by atoms with Crippen LogP contribution in [0.25, 0.3) is 0 Å². The van der Waals surface area contributed by atoms with E-state index in [4.69, 9.17) is 4.42 Å². The number of pyridine rings is 1. The number of hydrogen-bond donors (Lipinski definition) is 1. The van der Waals surface area contributed by atoms with Crippen LogP contribution in [-0.2, 0) is 13.1 Å². The summed E-state index contributed by atoms with van der Waals surface area (Å²) in [5.74, 6) is 0.993. The van der Waals surface area contributed by atoms with Crippen molar-refractivity contribution in [2.45, 2.75) is 33.4 Å². The van der Waals surface area contributed by atoms with Gasteiger partial charge in [-0.15, -0.1) is 0 Å². The third-order valence-electron chi connectivity index (χ3n) is 3.19. The Balaban J connectivity index is 1.96. The van der Waals surface area contributed by atoms with E-state index in [1.165, 1.54) is 0 Å². The average Bonchev–Trinajstić information content (AvgIpc) is 2.98. The third kappa shape index (κ3) is 4.38. The van der Waals surface area contributed by atoms with Crippen molar-refractivity contribution >= 4 is 5.69 Å². The third-order valence-corrected chi connectivity index (χ3v) is 3.19. The molecule has 0 bridgehead atoms. The molecule has 0 radical (unpaired) electrons. The molecule has 1 N–H and O–H groups in total. The Morgan fingerprint density at radius 2 is 2.15 bits per heavy atom. The second kappa shape index (κ2) is 7.70. The highest BCUT2D eigenvalue weighted by Gasteiger charge is 2.08. The first-order valence-electron chi connectivity index (χ1n) is 7.25. The van der Waals surface area contributed by atoms with Crippen LogP contribution >= 0.6 is 0 Å². The highest BCUT2D eigenvalue weighted by Crippen LogP contribution is 2.12. The van der Waals surface area contributed by atoms with Gasteiger partial charge in [0.05, 0.1) is 18.5 Å². The lowest BCUT2D eigenvalue weighted by atomic mass is 10.2. The van der Waals surface area contributed by atoms with Crippen molar-refractivity contribution in [3.63, 3.8) is 0 Å². The molecular weight excluding hydrogens is 250 g/mol. The van der Waals surface area contributed by atoms with E-state index in [0.717, 1.165) is 49.7 Å². The van der Waals surface area contributed by atoms with Gasteiger partial charge < -0.3 is 9.73 Å². The molecule has 0 unspecified atom stereocenters. The summed E-state index contributed by atoms with van der Waals surface area (Å²) in [5.41, 5.74) is 2.23. The van der Waals surface area contributed by atoms with E-state index in [1.54, 1.807) is 6.26 Å². The Labute approximate surface area is 120 Å². The van der Waals surface area contributed by atoms with Crippen LogP contribution in [0.2, 0.25) is 0 Å².